The Morgan fingerprint density at radius 2 is 2.40 bits per heavy atom. The molecule has 0 bridgehead atoms. The third-order valence-corrected chi connectivity index (χ3v) is 3.82. The molecule has 2 unspecified atom stereocenters. The van der Waals surface area contributed by atoms with Gasteiger partial charge in [-0.1, -0.05) is 6.92 Å². The molecule has 5 heteroatoms. The first-order chi connectivity index (χ1) is 7.22. The number of aryl methyl sites for hydroxylation is 1. The summed E-state index contributed by atoms with van der Waals surface area (Å²) in [5, 5.41) is 0. The molecule has 0 fully saturated rings. The van der Waals surface area contributed by atoms with Gasteiger partial charge in [0.15, 0.2) is 0 Å². The molecule has 4 nitrogen and oxygen atoms in total. The Labute approximate surface area is 93.3 Å². The van der Waals surface area contributed by atoms with E-state index in [0.29, 0.717) is 5.75 Å². The SMILES string of the molecule is CCC(N)CS(=O)CCCn1ccnc1. The molecule has 0 saturated carbocycles. The highest BCUT2D eigenvalue weighted by molar-refractivity contribution is 7.85. The van der Waals surface area contributed by atoms with Crippen molar-refractivity contribution in [1.29, 1.82) is 0 Å². The van der Waals surface area contributed by atoms with Gasteiger partial charge in [0.2, 0.25) is 0 Å². The zero-order valence-electron chi connectivity index (χ0n) is 9.13. The summed E-state index contributed by atoms with van der Waals surface area (Å²) < 4.78 is 13.5. The van der Waals surface area contributed by atoms with Crippen molar-refractivity contribution in [3.63, 3.8) is 0 Å². The minimum atomic E-state index is -0.770. The van der Waals surface area contributed by atoms with Crippen molar-refractivity contribution in [1.82, 2.24) is 9.55 Å². The van der Waals surface area contributed by atoms with Crippen LogP contribution in [0.1, 0.15) is 19.8 Å². The van der Waals surface area contributed by atoms with Crippen LogP contribution in [-0.4, -0.2) is 31.3 Å². The molecule has 0 spiro atoms. The Morgan fingerprint density at radius 1 is 1.60 bits per heavy atom. The fourth-order valence-corrected chi connectivity index (χ4v) is 2.60. The van der Waals surface area contributed by atoms with Crippen molar-refractivity contribution < 1.29 is 4.21 Å². The van der Waals surface area contributed by atoms with E-state index < -0.39 is 10.8 Å². The molecule has 0 amide bonds. The van der Waals surface area contributed by atoms with Crippen LogP contribution in [0.15, 0.2) is 18.7 Å². The Morgan fingerprint density at radius 3 is 3.00 bits per heavy atom. The monoisotopic (exact) mass is 229 g/mol. The first-order valence-electron chi connectivity index (χ1n) is 5.28. The molecule has 0 radical (unpaired) electrons. The van der Waals surface area contributed by atoms with Crippen molar-refractivity contribution in [2.24, 2.45) is 5.73 Å². The lowest BCUT2D eigenvalue weighted by Gasteiger charge is -2.08. The number of aromatic nitrogens is 2. The summed E-state index contributed by atoms with van der Waals surface area (Å²) in [5.74, 6) is 1.35. The molecule has 0 aliphatic rings. The lowest BCUT2D eigenvalue weighted by molar-refractivity contribution is 0.646. The van der Waals surface area contributed by atoms with E-state index in [1.807, 2.05) is 17.7 Å². The van der Waals surface area contributed by atoms with Gasteiger partial charge in [-0.2, -0.15) is 0 Å². The highest BCUT2D eigenvalue weighted by Crippen LogP contribution is 1.96. The number of nitrogens with zero attached hydrogens (tertiary/aromatic N) is 2. The maximum absolute atomic E-state index is 11.5. The van der Waals surface area contributed by atoms with Crippen LogP contribution in [0, 0.1) is 0 Å². The summed E-state index contributed by atoms with van der Waals surface area (Å²) in [5.41, 5.74) is 5.73. The molecule has 86 valence electrons. The van der Waals surface area contributed by atoms with Gasteiger partial charge in [-0.25, -0.2) is 4.98 Å². The van der Waals surface area contributed by atoms with Gasteiger partial charge in [-0.3, -0.25) is 4.21 Å². The van der Waals surface area contributed by atoms with Crippen LogP contribution in [0.25, 0.3) is 0 Å². The van der Waals surface area contributed by atoms with E-state index in [1.165, 1.54) is 0 Å². The van der Waals surface area contributed by atoms with Crippen molar-refractivity contribution in [3.05, 3.63) is 18.7 Å². The Balaban J connectivity index is 2.12. The number of imidazole rings is 1. The number of nitrogens with two attached hydrogens (primary N) is 1. The number of hydrogen-bond acceptors (Lipinski definition) is 3. The average Bonchev–Trinajstić information content (AvgIpc) is 2.70. The minimum Gasteiger partial charge on any atom is -0.337 e. The lowest BCUT2D eigenvalue weighted by atomic mass is 10.3. The van der Waals surface area contributed by atoms with E-state index in [2.05, 4.69) is 4.98 Å². The summed E-state index contributed by atoms with van der Waals surface area (Å²) in [4.78, 5) is 3.95. The van der Waals surface area contributed by atoms with E-state index in [0.717, 1.165) is 25.1 Å². The first kappa shape index (κ1) is 12.4. The average molecular weight is 229 g/mol. The molecular formula is C10H19N3OS. The lowest BCUT2D eigenvalue weighted by Crippen LogP contribution is -2.27. The van der Waals surface area contributed by atoms with E-state index >= 15 is 0 Å². The van der Waals surface area contributed by atoms with Crippen LogP contribution in [-0.2, 0) is 17.3 Å². The van der Waals surface area contributed by atoms with Crippen LogP contribution >= 0.6 is 0 Å². The van der Waals surface area contributed by atoms with Gasteiger partial charge in [0.05, 0.1) is 6.33 Å². The van der Waals surface area contributed by atoms with Crippen LogP contribution < -0.4 is 5.73 Å². The molecule has 1 heterocycles. The molecule has 0 aliphatic heterocycles. The van der Waals surface area contributed by atoms with Gasteiger partial charge in [0.1, 0.15) is 0 Å². The highest BCUT2D eigenvalue weighted by Gasteiger charge is 2.05. The molecule has 0 saturated heterocycles. The first-order valence-corrected chi connectivity index (χ1v) is 6.77. The van der Waals surface area contributed by atoms with E-state index in [4.69, 9.17) is 5.73 Å². The van der Waals surface area contributed by atoms with Crippen molar-refractivity contribution >= 4 is 10.8 Å². The second-order valence-corrected chi connectivity index (χ2v) is 5.25. The van der Waals surface area contributed by atoms with Gasteiger partial charge < -0.3 is 10.3 Å². The molecule has 1 aromatic heterocycles. The van der Waals surface area contributed by atoms with Gasteiger partial charge in [0, 0.05) is 47.3 Å². The molecule has 1 aromatic rings. The molecule has 2 atom stereocenters. The van der Waals surface area contributed by atoms with Crippen molar-refractivity contribution in [2.75, 3.05) is 11.5 Å². The van der Waals surface area contributed by atoms with Gasteiger partial charge >= 0.3 is 0 Å². The van der Waals surface area contributed by atoms with Crippen LogP contribution in [0.3, 0.4) is 0 Å². The summed E-state index contributed by atoms with van der Waals surface area (Å²) in [6, 6.07) is 0.0825. The quantitative estimate of drug-likeness (QED) is 0.751. The zero-order chi connectivity index (χ0) is 11.1. The number of rotatable bonds is 7. The summed E-state index contributed by atoms with van der Waals surface area (Å²) >= 11 is 0. The van der Waals surface area contributed by atoms with Crippen LogP contribution in [0.5, 0.6) is 0 Å². The second-order valence-electron chi connectivity index (χ2n) is 3.63. The van der Waals surface area contributed by atoms with Crippen LogP contribution in [0.4, 0.5) is 0 Å². The molecule has 2 N–H and O–H groups in total. The third-order valence-electron chi connectivity index (χ3n) is 2.27. The molecular weight excluding hydrogens is 210 g/mol. The predicted molar refractivity (Wildman–Crippen MR) is 63.0 cm³/mol. The maximum atomic E-state index is 11.5. The molecule has 0 aliphatic carbocycles. The summed E-state index contributed by atoms with van der Waals surface area (Å²) in [6.07, 6.45) is 7.26. The van der Waals surface area contributed by atoms with E-state index in [1.54, 1.807) is 12.5 Å². The minimum absolute atomic E-state index is 0.0825. The van der Waals surface area contributed by atoms with E-state index in [-0.39, 0.29) is 6.04 Å². The number of hydrogen-bond donors (Lipinski definition) is 1. The fourth-order valence-electron chi connectivity index (χ4n) is 1.27. The standard InChI is InChI=1S/C10H19N3OS/c1-2-10(11)8-15(14)7-3-5-13-6-4-12-9-13/h4,6,9-10H,2-3,5,7-8,11H2,1H3. The summed E-state index contributed by atoms with van der Waals surface area (Å²) in [6.45, 7) is 2.90. The topological polar surface area (TPSA) is 60.9 Å². The zero-order valence-corrected chi connectivity index (χ0v) is 9.95. The molecule has 0 aromatic carbocycles. The smallest absolute Gasteiger partial charge is 0.0945 e. The van der Waals surface area contributed by atoms with Gasteiger partial charge in [-0.15, -0.1) is 0 Å². The van der Waals surface area contributed by atoms with Gasteiger partial charge in [-0.05, 0) is 12.8 Å². The fraction of sp³-hybridized carbons (Fsp3) is 0.700. The molecule has 1 rings (SSSR count). The molecule has 15 heavy (non-hydrogen) atoms. The Kier molecular flexibility index (Phi) is 5.57. The third kappa shape index (κ3) is 5.09. The maximum Gasteiger partial charge on any atom is 0.0945 e. The normalized spacial score (nSPS) is 15.1. The van der Waals surface area contributed by atoms with E-state index in [9.17, 15) is 4.21 Å². The van der Waals surface area contributed by atoms with Gasteiger partial charge in [0.25, 0.3) is 0 Å². The van der Waals surface area contributed by atoms with Crippen molar-refractivity contribution in [2.45, 2.75) is 32.4 Å². The predicted octanol–water partition coefficient (Wildman–Crippen LogP) is 0.759. The van der Waals surface area contributed by atoms with Crippen molar-refractivity contribution in [3.8, 4) is 0 Å². The Hall–Kier alpha value is -0.680. The largest absolute Gasteiger partial charge is 0.337 e. The van der Waals surface area contributed by atoms with Crippen LogP contribution in [0.2, 0.25) is 0 Å². The Bertz CT molecular complexity index is 287. The highest BCUT2D eigenvalue weighted by atomic mass is 32.2. The second kappa shape index (κ2) is 6.74. The summed E-state index contributed by atoms with van der Waals surface area (Å²) in [7, 11) is -0.770.